The first-order valence-corrected chi connectivity index (χ1v) is 27.5. The summed E-state index contributed by atoms with van der Waals surface area (Å²) in [6.07, 6.45) is 7.47. The number of nitrogens with two attached hydrogens (primary N) is 1. The Balaban J connectivity index is 0.000000134. The van der Waals surface area contributed by atoms with Gasteiger partial charge in [0, 0.05) is 52.6 Å². The smallest absolute Gasteiger partial charge is 0.358 e. The van der Waals surface area contributed by atoms with E-state index in [0.29, 0.717) is 64.6 Å². The number of fused-ring (bicyclic) bond motifs is 4. The van der Waals surface area contributed by atoms with Gasteiger partial charge in [-0.05, 0) is 144 Å². The number of hydrogen-bond acceptors (Lipinski definition) is 17. The molecule has 4 aromatic heterocycles. The Kier molecular flexibility index (Phi) is 17.7. The average Bonchev–Trinajstić information content (AvgIpc) is 4.48. The maximum Gasteiger partial charge on any atom is 0.358 e. The number of ketones is 2. The Bertz CT molecular complexity index is 3840. The third-order valence-corrected chi connectivity index (χ3v) is 14.7. The number of ether oxygens (including phenoxy) is 4. The van der Waals surface area contributed by atoms with Gasteiger partial charge in [-0.3, -0.25) is 13.9 Å². The second kappa shape index (κ2) is 25.1. The molecule has 0 saturated heterocycles. The minimum Gasteiger partial charge on any atom is -0.490 e. The lowest BCUT2D eigenvalue weighted by Gasteiger charge is -2.27. The summed E-state index contributed by atoms with van der Waals surface area (Å²) in [5, 5.41) is 16.3. The molecule has 0 saturated carbocycles. The number of hydrogen-bond donors (Lipinski definition) is 2. The lowest BCUT2D eigenvalue weighted by Crippen LogP contribution is -2.46. The molecule has 0 bridgehead atoms. The molecular weight excluding hydrogens is 1090 g/mol. The Morgan fingerprint density at radius 3 is 1.34 bits per heavy atom. The number of Topliss-reactive ketones (excluding diaryl/α,β-unsaturated/α-hetero) is 2. The third-order valence-electron chi connectivity index (χ3n) is 13.6. The second-order valence-corrected chi connectivity index (χ2v) is 21.2. The van der Waals surface area contributed by atoms with Crippen molar-refractivity contribution in [3.63, 3.8) is 0 Å². The van der Waals surface area contributed by atoms with Gasteiger partial charge in [-0.25, -0.2) is 0 Å². The van der Waals surface area contributed by atoms with Gasteiger partial charge in [0.2, 0.25) is 0 Å². The summed E-state index contributed by atoms with van der Waals surface area (Å²) in [5.41, 5.74) is 14.3. The van der Waals surface area contributed by atoms with E-state index < -0.39 is 16.2 Å². The molecule has 422 valence electrons. The monoisotopic (exact) mass is 1150 g/mol. The fourth-order valence-corrected chi connectivity index (χ4v) is 10.1. The zero-order valence-electron chi connectivity index (χ0n) is 45.2. The number of carbonyl (C=O) groups is 2. The van der Waals surface area contributed by atoms with E-state index in [2.05, 4.69) is 10.3 Å². The van der Waals surface area contributed by atoms with E-state index in [0.717, 1.165) is 62.2 Å². The molecule has 82 heavy (non-hydrogen) atoms. The van der Waals surface area contributed by atoms with Crippen LogP contribution in [0.5, 0.6) is 23.0 Å². The fraction of sp³-hybridized carbons (Fsp3) is 0.206. The zero-order valence-corrected chi connectivity index (χ0v) is 46.8. The van der Waals surface area contributed by atoms with Gasteiger partial charge in [-0.1, -0.05) is 52.3 Å². The largest absolute Gasteiger partial charge is 0.490 e. The number of benzene rings is 5. The van der Waals surface area contributed by atoms with E-state index in [1.54, 1.807) is 56.2 Å². The summed E-state index contributed by atoms with van der Waals surface area (Å²) >= 11 is 0. The quantitative estimate of drug-likeness (QED) is 0.111. The van der Waals surface area contributed by atoms with Crippen LogP contribution in [0.1, 0.15) is 84.4 Å². The van der Waals surface area contributed by atoms with Crippen molar-refractivity contribution in [2.75, 3.05) is 0 Å². The van der Waals surface area contributed by atoms with Crippen molar-refractivity contribution in [2.24, 2.45) is 16.0 Å². The van der Waals surface area contributed by atoms with E-state index in [4.69, 9.17) is 51.8 Å². The van der Waals surface area contributed by atoms with E-state index in [1.165, 1.54) is 12.1 Å². The van der Waals surface area contributed by atoms with Gasteiger partial charge in [0.1, 0.15) is 81.4 Å². The molecule has 17 nitrogen and oxygen atoms in total. The average molecular weight is 1150 g/mol. The van der Waals surface area contributed by atoms with Gasteiger partial charge >= 0.3 is 10.1 Å². The fourth-order valence-electron chi connectivity index (χ4n) is 9.37. The molecule has 19 heteroatoms. The third kappa shape index (κ3) is 13.1. The number of oxime groups is 2. The van der Waals surface area contributed by atoms with Crippen LogP contribution in [-0.4, -0.2) is 67.1 Å². The molecule has 0 amide bonds. The predicted molar refractivity (Wildman–Crippen MR) is 309 cm³/mol. The van der Waals surface area contributed by atoms with E-state index >= 15 is 0 Å². The van der Waals surface area contributed by atoms with Crippen LogP contribution >= 0.6 is 12.4 Å². The Morgan fingerprint density at radius 1 is 0.512 bits per heavy atom. The molecule has 0 aliphatic carbocycles. The first kappa shape index (κ1) is 57.6. The first-order valence-electron chi connectivity index (χ1n) is 26.1. The SMILES string of the molecule is CC1C/C(=N\O)c2ccc(-c3ccco3)cc2O1.CC1CC(=O)c2ccc(-c3ccco3)cc2O1.CC1Oc2cc(-c3ccco3)ccc2C(=O)C1N.Cc1ccc(S(=O)(=O)O/N=C2\CC(C)Oc3cc(-c4ccco4)ccc32)cc1.Cl. The Hall–Kier alpha value is -9.10. The van der Waals surface area contributed by atoms with Crippen LogP contribution in [0.2, 0.25) is 0 Å². The highest BCUT2D eigenvalue weighted by Gasteiger charge is 2.32. The molecular formula is C63H58ClN3O14S. The number of carbonyl (C=O) groups excluding carboxylic acids is 2. The maximum atomic E-state index is 12.4. The number of nitrogens with zero attached hydrogens (tertiary/aromatic N) is 2. The second-order valence-electron chi connectivity index (χ2n) is 19.7. The first-order chi connectivity index (χ1) is 39.1. The molecule has 4 aliphatic heterocycles. The Labute approximate surface area is 479 Å². The summed E-state index contributed by atoms with van der Waals surface area (Å²) in [4.78, 5) is 23.9. The molecule has 13 rings (SSSR count). The summed E-state index contributed by atoms with van der Waals surface area (Å²) in [6, 6.07) is 42.9. The highest BCUT2D eigenvalue weighted by molar-refractivity contribution is 7.86. The van der Waals surface area contributed by atoms with Crippen molar-refractivity contribution in [1.29, 1.82) is 0 Å². The van der Waals surface area contributed by atoms with Crippen molar-refractivity contribution in [3.05, 3.63) is 198 Å². The van der Waals surface area contributed by atoms with Crippen molar-refractivity contribution in [1.82, 2.24) is 0 Å². The van der Waals surface area contributed by atoms with Crippen molar-refractivity contribution >= 4 is 45.5 Å². The Morgan fingerprint density at radius 2 is 0.902 bits per heavy atom. The van der Waals surface area contributed by atoms with Gasteiger partial charge in [0.15, 0.2) is 11.6 Å². The number of rotatable bonds is 7. The van der Waals surface area contributed by atoms with Crippen molar-refractivity contribution in [2.45, 2.75) is 89.2 Å². The number of aryl methyl sites for hydroxylation is 1. The topological polar surface area (TPSA) is 238 Å². The van der Waals surface area contributed by atoms with Crippen LogP contribution in [0.25, 0.3) is 45.3 Å². The van der Waals surface area contributed by atoms with Crippen LogP contribution in [0, 0.1) is 6.92 Å². The summed E-state index contributed by atoms with van der Waals surface area (Å²) in [7, 11) is -3.98. The van der Waals surface area contributed by atoms with Crippen LogP contribution in [0.4, 0.5) is 0 Å². The van der Waals surface area contributed by atoms with E-state index in [9.17, 15) is 18.0 Å². The summed E-state index contributed by atoms with van der Waals surface area (Å²) in [6.45, 7) is 9.43. The summed E-state index contributed by atoms with van der Waals surface area (Å²) < 4.78 is 74.3. The van der Waals surface area contributed by atoms with Gasteiger partial charge in [0.05, 0.1) is 47.6 Å². The number of furan rings is 4. The minimum absolute atomic E-state index is 0. The number of halogens is 1. The van der Waals surface area contributed by atoms with Crippen molar-refractivity contribution < 1.29 is 64.1 Å². The molecule has 0 spiro atoms. The minimum atomic E-state index is -3.98. The molecule has 0 fully saturated rings. The highest BCUT2D eigenvalue weighted by Crippen LogP contribution is 2.37. The van der Waals surface area contributed by atoms with E-state index in [-0.39, 0.29) is 53.3 Å². The molecule has 3 N–H and O–H groups in total. The maximum absolute atomic E-state index is 12.4. The molecule has 5 unspecified atom stereocenters. The normalized spacial score (nSPS) is 19.4. The van der Waals surface area contributed by atoms with Gasteiger partial charge in [0.25, 0.3) is 0 Å². The van der Waals surface area contributed by atoms with Crippen LogP contribution < -0.4 is 24.7 Å². The summed E-state index contributed by atoms with van der Waals surface area (Å²) in [5.74, 6) is 5.69. The standard InChI is InChI=1S/C21H19NO5S.2C14H13NO3.C14H12O3.ClH/c1-14-5-8-17(9-6-14)28(23,24)27-22-19-12-15(2)26-21-13-16(7-10-18(19)21)20-4-3-11-25-20;1-9-7-12(15-16)11-5-4-10(8-14(11)18-9)13-3-2-6-17-13;1-8-13(15)14(16)10-5-4-9(7-12(10)18-8)11-3-2-6-17-11;1-9-7-12(15)11-5-4-10(8-14(11)17-9)13-3-2-6-16-13;/h3-11,13,15H,12H2,1-2H3;2-6,8-9,16H,7H2,1H3;2-8,13H,15H2,1H3;2-6,8-9H,7H2,1H3;1H/b22-19+;15-12+;;;. The van der Waals surface area contributed by atoms with Gasteiger partial charge < -0.3 is 47.6 Å². The molecule has 5 aromatic carbocycles. The van der Waals surface area contributed by atoms with Gasteiger partial charge in [-0.2, -0.15) is 8.42 Å². The van der Waals surface area contributed by atoms with E-state index in [1.807, 2.05) is 137 Å². The van der Waals surface area contributed by atoms with Crippen molar-refractivity contribution in [3.8, 4) is 68.3 Å². The lowest BCUT2D eigenvalue weighted by atomic mass is 9.95. The van der Waals surface area contributed by atoms with Crippen LogP contribution in [0.15, 0.2) is 204 Å². The van der Waals surface area contributed by atoms with Crippen LogP contribution in [-0.2, 0) is 14.4 Å². The highest BCUT2D eigenvalue weighted by atomic mass is 35.5. The molecule has 5 atom stereocenters. The predicted octanol–water partition coefficient (Wildman–Crippen LogP) is 13.8. The lowest BCUT2D eigenvalue weighted by molar-refractivity contribution is 0.0815. The molecule has 8 heterocycles. The van der Waals surface area contributed by atoms with Crippen LogP contribution in [0.3, 0.4) is 0 Å². The zero-order chi connectivity index (χ0) is 56.8. The van der Waals surface area contributed by atoms with Gasteiger partial charge in [-0.15, -0.1) is 12.4 Å². The molecule has 4 aliphatic rings. The molecule has 9 aromatic rings. The molecule has 0 radical (unpaired) electrons.